The molecule has 2 nitrogen and oxygen atoms in total. The molecule has 2 rings (SSSR count). The Morgan fingerprint density at radius 2 is 2.24 bits per heavy atom. The number of hydrogen-bond donors (Lipinski definition) is 2. The van der Waals surface area contributed by atoms with E-state index in [-0.39, 0.29) is 11.5 Å². The Morgan fingerprint density at radius 1 is 1.53 bits per heavy atom. The number of thioether (sulfide) groups is 1. The minimum atomic E-state index is -0.356. The molecule has 3 atom stereocenters. The van der Waals surface area contributed by atoms with Crippen molar-refractivity contribution < 1.29 is 5.11 Å². The van der Waals surface area contributed by atoms with Gasteiger partial charge in [-0.05, 0) is 30.9 Å². The van der Waals surface area contributed by atoms with E-state index in [9.17, 15) is 5.11 Å². The Morgan fingerprint density at radius 3 is 2.88 bits per heavy atom. The third kappa shape index (κ3) is 2.51. The fourth-order valence-corrected chi connectivity index (χ4v) is 3.64. The van der Waals surface area contributed by atoms with Crippen LogP contribution in [-0.2, 0) is 0 Å². The molecule has 0 saturated carbocycles. The highest BCUT2D eigenvalue weighted by atomic mass is 32.2. The maximum absolute atomic E-state index is 9.89. The van der Waals surface area contributed by atoms with E-state index in [2.05, 4.69) is 31.2 Å². The van der Waals surface area contributed by atoms with Gasteiger partial charge in [-0.15, -0.1) is 11.8 Å². The minimum absolute atomic E-state index is 0.178. The molecule has 0 radical (unpaired) electrons. The van der Waals surface area contributed by atoms with Gasteiger partial charge in [0.2, 0.25) is 0 Å². The Bertz CT molecular complexity index is 394. The number of nitrogens with two attached hydrogens (primary N) is 1. The van der Waals surface area contributed by atoms with Gasteiger partial charge in [0.15, 0.2) is 0 Å². The summed E-state index contributed by atoms with van der Waals surface area (Å²) in [5.41, 5.74) is 7.09. The van der Waals surface area contributed by atoms with Gasteiger partial charge in [-0.1, -0.05) is 25.1 Å². The second-order valence-electron chi connectivity index (χ2n) is 5.28. The lowest BCUT2D eigenvalue weighted by Gasteiger charge is -2.33. The molecule has 0 amide bonds. The summed E-state index contributed by atoms with van der Waals surface area (Å²) in [7, 11) is 0. The molecule has 1 aromatic carbocycles. The summed E-state index contributed by atoms with van der Waals surface area (Å²) >= 11 is 1.92. The zero-order valence-electron chi connectivity index (χ0n) is 10.5. The van der Waals surface area contributed by atoms with E-state index < -0.39 is 0 Å². The van der Waals surface area contributed by atoms with E-state index in [1.807, 2.05) is 18.7 Å². The van der Waals surface area contributed by atoms with Crippen LogP contribution in [0.15, 0.2) is 29.2 Å². The topological polar surface area (TPSA) is 46.2 Å². The lowest BCUT2D eigenvalue weighted by molar-refractivity contribution is 0.0480. The molecular weight excluding hydrogens is 230 g/mol. The summed E-state index contributed by atoms with van der Waals surface area (Å²) < 4.78 is 0. The molecule has 1 aliphatic heterocycles. The van der Waals surface area contributed by atoms with Crippen molar-refractivity contribution in [3.05, 3.63) is 29.8 Å². The Balaban J connectivity index is 2.16. The van der Waals surface area contributed by atoms with Gasteiger partial charge < -0.3 is 10.8 Å². The predicted octanol–water partition coefficient (Wildman–Crippen LogP) is 2.61. The van der Waals surface area contributed by atoms with Crippen molar-refractivity contribution >= 4 is 11.8 Å². The van der Waals surface area contributed by atoms with E-state index in [1.165, 1.54) is 10.5 Å². The van der Waals surface area contributed by atoms with E-state index >= 15 is 0 Å². The fourth-order valence-electron chi connectivity index (χ4n) is 2.39. The third-order valence-corrected chi connectivity index (χ3v) is 5.24. The zero-order chi connectivity index (χ0) is 12.5. The number of aliphatic hydroxyl groups excluding tert-OH is 1. The van der Waals surface area contributed by atoms with Gasteiger partial charge in [-0.25, -0.2) is 0 Å². The molecule has 1 aromatic rings. The number of aliphatic hydroxyl groups is 1. The predicted molar refractivity (Wildman–Crippen MR) is 73.4 cm³/mol. The van der Waals surface area contributed by atoms with Crippen molar-refractivity contribution in [1.29, 1.82) is 0 Å². The fraction of sp³-hybridized carbons (Fsp3) is 0.571. The lowest BCUT2D eigenvalue weighted by atomic mass is 9.76. The van der Waals surface area contributed by atoms with E-state index in [1.54, 1.807) is 0 Å². The van der Waals surface area contributed by atoms with Gasteiger partial charge in [-0.3, -0.25) is 0 Å². The van der Waals surface area contributed by atoms with Crippen molar-refractivity contribution in [2.24, 2.45) is 11.1 Å². The normalized spacial score (nSPS) is 24.1. The zero-order valence-corrected chi connectivity index (χ0v) is 11.3. The number of hydrogen-bond acceptors (Lipinski definition) is 3. The van der Waals surface area contributed by atoms with Crippen molar-refractivity contribution in [2.45, 2.75) is 37.2 Å². The second kappa shape index (κ2) is 5.01. The SMILES string of the molecule is CC(O)C(C)(CN)CC1CSc2ccccc21. The summed E-state index contributed by atoms with van der Waals surface area (Å²) in [6.07, 6.45) is 0.607. The molecule has 17 heavy (non-hydrogen) atoms. The van der Waals surface area contributed by atoms with E-state index in [4.69, 9.17) is 5.73 Å². The summed E-state index contributed by atoms with van der Waals surface area (Å²) in [6.45, 7) is 4.47. The van der Waals surface area contributed by atoms with Crippen LogP contribution in [0.5, 0.6) is 0 Å². The summed E-state index contributed by atoms with van der Waals surface area (Å²) in [5.74, 6) is 1.64. The molecule has 1 heterocycles. The molecule has 0 aliphatic carbocycles. The Labute approximate surface area is 108 Å². The Kier molecular flexibility index (Phi) is 3.81. The third-order valence-electron chi connectivity index (χ3n) is 3.99. The molecule has 0 bridgehead atoms. The standard InChI is InChI=1S/C14H21NOS/c1-10(16)14(2,9-15)7-11-8-17-13-6-4-3-5-12(11)13/h3-6,10-11,16H,7-9,15H2,1-2H3. The number of fused-ring (bicyclic) bond motifs is 1. The molecule has 0 spiro atoms. The largest absolute Gasteiger partial charge is 0.393 e. The molecule has 0 fully saturated rings. The van der Waals surface area contributed by atoms with Crippen LogP contribution in [0, 0.1) is 5.41 Å². The van der Waals surface area contributed by atoms with Crippen molar-refractivity contribution in [1.82, 2.24) is 0 Å². The molecule has 3 unspecified atom stereocenters. The monoisotopic (exact) mass is 251 g/mol. The van der Waals surface area contributed by atoms with Crippen LogP contribution in [0.25, 0.3) is 0 Å². The molecule has 3 N–H and O–H groups in total. The van der Waals surface area contributed by atoms with Crippen LogP contribution < -0.4 is 5.73 Å². The van der Waals surface area contributed by atoms with Gasteiger partial charge in [0, 0.05) is 22.6 Å². The minimum Gasteiger partial charge on any atom is -0.393 e. The molecule has 0 saturated heterocycles. The lowest BCUT2D eigenvalue weighted by Crippen LogP contribution is -2.38. The first-order valence-electron chi connectivity index (χ1n) is 6.16. The molecular formula is C14H21NOS. The van der Waals surface area contributed by atoms with Crippen LogP contribution in [0.1, 0.15) is 31.7 Å². The highest BCUT2D eigenvalue weighted by molar-refractivity contribution is 7.99. The van der Waals surface area contributed by atoms with Crippen LogP contribution in [-0.4, -0.2) is 23.5 Å². The maximum atomic E-state index is 9.89. The van der Waals surface area contributed by atoms with Gasteiger partial charge >= 0.3 is 0 Å². The average Bonchev–Trinajstić information content (AvgIpc) is 2.72. The van der Waals surface area contributed by atoms with Gasteiger partial charge in [0.05, 0.1) is 6.10 Å². The Hall–Kier alpha value is -0.510. The molecule has 1 aliphatic rings. The van der Waals surface area contributed by atoms with E-state index in [0.29, 0.717) is 12.5 Å². The van der Waals surface area contributed by atoms with Gasteiger partial charge in [0.25, 0.3) is 0 Å². The van der Waals surface area contributed by atoms with Crippen molar-refractivity contribution in [3.63, 3.8) is 0 Å². The first-order valence-corrected chi connectivity index (χ1v) is 7.15. The molecule has 3 heteroatoms. The quantitative estimate of drug-likeness (QED) is 0.864. The number of benzene rings is 1. The van der Waals surface area contributed by atoms with Crippen LogP contribution in [0.4, 0.5) is 0 Å². The first kappa shape index (κ1) is 12.9. The second-order valence-corrected chi connectivity index (χ2v) is 6.35. The van der Waals surface area contributed by atoms with Gasteiger partial charge in [-0.2, -0.15) is 0 Å². The highest BCUT2D eigenvalue weighted by Gasteiger charge is 2.34. The van der Waals surface area contributed by atoms with Crippen LogP contribution in [0.3, 0.4) is 0 Å². The van der Waals surface area contributed by atoms with Crippen LogP contribution >= 0.6 is 11.8 Å². The smallest absolute Gasteiger partial charge is 0.0577 e. The summed E-state index contributed by atoms with van der Waals surface area (Å²) in [5, 5.41) is 9.89. The molecule has 94 valence electrons. The maximum Gasteiger partial charge on any atom is 0.0577 e. The summed E-state index contributed by atoms with van der Waals surface area (Å²) in [6, 6.07) is 8.58. The van der Waals surface area contributed by atoms with E-state index in [0.717, 1.165) is 12.2 Å². The first-order chi connectivity index (χ1) is 8.07. The number of rotatable bonds is 4. The van der Waals surface area contributed by atoms with Crippen molar-refractivity contribution in [2.75, 3.05) is 12.3 Å². The summed E-state index contributed by atoms with van der Waals surface area (Å²) in [4.78, 5) is 1.39. The van der Waals surface area contributed by atoms with Gasteiger partial charge in [0.1, 0.15) is 0 Å². The average molecular weight is 251 g/mol. The van der Waals surface area contributed by atoms with Crippen LogP contribution in [0.2, 0.25) is 0 Å². The van der Waals surface area contributed by atoms with Crippen molar-refractivity contribution in [3.8, 4) is 0 Å². The highest BCUT2D eigenvalue weighted by Crippen LogP contribution is 2.45. The molecule has 0 aromatic heterocycles.